The van der Waals surface area contributed by atoms with Gasteiger partial charge in [-0.15, -0.1) is 0 Å². The zero-order valence-corrected chi connectivity index (χ0v) is 11.8. The smallest absolute Gasteiger partial charge is 0.224 e. The Hall–Kier alpha value is -1.42. The minimum absolute atomic E-state index is 0.0522. The van der Waals surface area contributed by atoms with Crippen LogP contribution in [0.4, 0.5) is 4.39 Å². The van der Waals surface area contributed by atoms with Crippen molar-refractivity contribution in [2.45, 2.75) is 44.6 Å². The van der Waals surface area contributed by atoms with Crippen molar-refractivity contribution in [3.63, 3.8) is 0 Å². The molecule has 3 N–H and O–H groups in total. The maximum Gasteiger partial charge on any atom is 0.224 e. The summed E-state index contributed by atoms with van der Waals surface area (Å²) in [5.41, 5.74) is 6.49. The van der Waals surface area contributed by atoms with E-state index in [0.717, 1.165) is 12.8 Å². The lowest BCUT2D eigenvalue weighted by molar-refractivity contribution is -0.121. The molecule has 2 rings (SSSR count). The average molecular weight is 278 g/mol. The Balaban J connectivity index is 1.88. The minimum atomic E-state index is -0.307. The van der Waals surface area contributed by atoms with Crippen LogP contribution in [0.3, 0.4) is 0 Å². The standard InChI is InChI=1S/C16H23FN2O/c17-14-8-4-5-12(9-14)10-16(20)19-15(11-18)13-6-2-1-3-7-13/h4-5,8-9,13,15H,1-3,6-7,10-11,18H2,(H,19,20). The molecule has 0 saturated heterocycles. The molecule has 1 atom stereocenters. The fraction of sp³-hybridized carbons (Fsp3) is 0.562. The maximum absolute atomic E-state index is 13.1. The number of halogens is 1. The Labute approximate surface area is 119 Å². The molecule has 20 heavy (non-hydrogen) atoms. The molecule has 1 aliphatic rings. The van der Waals surface area contributed by atoms with Crippen LogP contribution in [0.5, 0.6) is 0 Å². The molecule has 0 radical (unpaired) electrons. The van der Waals surface area contributed by atoms with Crippen LogP contribution in [-0.4, -0.2) is 18.5 Å². The van der Waals surface area contributed by atoms with Gasteiger partial charge in [-0.05, 0) is 36.5 Å². The van der Waals surface area contributed by atoms with Crippen LogP contribution in [0, 0.1) is 11.7 Å². The molecule has 1 amide bonds. The first kappa shape index (κ1) is 15.0. The summed E-state index contributed by atoms with van der Waals surface area (Å²) in [4.78, 5) is 12.0. The average Bonchev–Trinajstić information content (AvgIpc) is 2.45. The van der Waals surface area contributed by atoms with E-state index >= 15 is 0 Å². The number of nitrogens with one attached hydrogen (secondary N) is 1. The van der Waals surface area contributed by atoms with Crippen molar-refractivity contribution in [1.82, 2.24) is 5.32 Å². The van der Waals surface area contributed by atoms with E-state index in [0.29, 0.717) is 18.0 Å². The number of hydrogen-bond donors (Lipinski definition) is 2. The second-order valence-corrected chi connectivity index (χ2v) is 5.61. The van der Waals surface area contributed by atoms with Crippen molar-refractivity contribution in [3.8, 4) is 0 Å². The van der Waals surface area contributed by atoms with E-state index in [2.05, 4.69) is 5.32 Å². The van der Waals surface area contributed by atoms with Gasteiger partial charge in [0, 0.05) is 12.6 Å². The number of hydrogen-bond acceptors (Lipinski definition) is 2. The molecule has 1 aromatic carbocycles. The van der Waals surface area contributed by atoms with Gasteiger partial charge in [0.25, 0.3) is 0 Å². The molecular weight excluding hydrogens is 255 g/mol. The van der Waals surface area contributed by atoms with Gasteiger partial charge in [-0.2, -0.15) is 0 Å². The summed E-state index contributed by atoms with van der Waals surface area (Å²) >= 11 is 0. The second kappa shape index (κ2) is 7.39. The van der Waals surface area contributed by atoms with Gasteiger partial charge in [-0.1, -0.05) is 31.4 Å². The zero-order valence-electron chi connectivity index (χ0n) is 11.8. The fourth-order valence-corrected chi connectivity index (χ4v) is 3.00. The van der Waals surface area contributed by atoms with Crippen LogP contribution < -0.4 is 11.1 Å². The normalized spacial score (nSPS) is 17.7. The lowest BCUT2D eigenvalue weighted by Gasteiger charge is -2.30. The lowest BCUT2D eigenvalue weighted by atomic mass is 9.84. The summed E-state index contributed by atoms with van der Waals surface area (Å²) in [6.07, 6.45) is 6.22. The minimum Gasteiger partial charge on any atom is -0.352 e. The molecule has 0 aromatic heterocycles. The molecule has 0 heterocycles. The van der Waals surface area contributed by atoms with Crippen LogP contribution in [0.25, 0.3) is 0 Å². The topological polar surface area (TPSA) is 55.1 Å². The number of benzene rings is 1. The molecule has 1 saturated carbocycles. The summed E-state index contributed by atoms with van der Waals surface area (Å²) in [6, 6.07) is 6.22. The van der Waals surface area contributed by atoms with Gasteiger partial charge in [-0.25, -0.2) is 4.39 Å². The first-order valence-electron chi connectivity index (χ1n) is 7.43. The quantitative estimate of drug-likeness (QED) is 0.869. The van der Waals surface area contributed by atoms with E-state index in [1.807, 2.05) is 0 Å². The van der Waals surface area contributed by atoms with Gasteiger partial charge >= 0.3 is 0 Å². The summed E-state index contributed by atoms with van der Waals surface area (Å²) in [5, 5.41) is 3.02. The summed E-state index contributed by atoms with van der Waals surface area (Å²) < 4.78 is 13.1. The highest BCUT2D eigenvalue weighted by Gasteiger charge is 2.23. The molecule has 3 nitrogen and oxygen atoms in total. The van der Waals surface area contributed by atoms with E-state index in [1.54, 1.807) is 12.1 Å². The van der Waals surface area contributed by atoms with Gasteiger partial charge < -0.3 is 11.1 Å². The summed E-state index contributed by atoms with van der Waals surface area (Å²) in [5.74, 6) is 0.111. The van der Waals surface area contributed by atoms with Crippen LogP contribution in [0.2, 0.25) is 0 Å². The van der Waals surface area contributed by atoms with Crippen molar-refractivity contribution in [2.75, 3.05) is 6.54 Å². The molecule has 4 heteroatoms. The van der Waals surface area contributed by atoms with Gasteiger partial charge in [-0.3, -0.25) is 4.79 Å². The molecule has 1 fully saturated rings. The Morgan fingerprint density at radius 3 is 2.75 bits per heavy atom. The number of amides is 1. The van der Waals surface area contributed by atoms with E-state index in [-0.39, 0.29) is 24.2 Å². The van der Waals surface area contributed by atoms with Gasteiger partial charge in [0.2, 0.25) is 5.91 Å². The maximum atomic E-state index is 13.1. The van der Waals surface area contributed by atoms with E-state index in [4.69, 9.17) is 5.73 Å². The highest BCUT2D eigenvalue weighted by molar-refractivity contribution is 5.78. The van der Waals surface area contributed by atoms with Gasteiger partial charge in [0.05, 0.1) is 6.42 Å². The zero-order chi connectivity index (χ0) is 14.4. The Morgan fingerprint density at radius 2 is 2.10 bits per heavy atom. The second-order valence-electron chi connectivity index (χ2n) is 5.61. The first-order chi connectivity index (χ1) is 9.69. The summed E-state index contributed by atoms with van der Waals surface area (Å²) in [7, 11) is 0. The molecule has 1 unspecified atom stereocenters. The van der Waals surface area contributed by atoms with E-state index in [9.17, 15) is 9.18 Å². The van der Waals surface area contributed by atoms with Gasteiger partial charge in [0.15, 0.2) is 0 Å². The lowest BCUT2D eigenvalue weighted by Crippen LogP contribution is -2.46. The molecule has 0 spiro atoms. The fourth-order valence-electron chi connectivity index (χ4n) is 3.00. The SMILES string of the molecule is NCC(NC(=O)Cc1cccc(F)c1)C1CCCCC1. The van der Waals surface area contributed by atoms with E-state index in [1.165, 1.54) is 31.4 Å². The number of carbonyl (C=O) groups is 1. The van der Waals surface area contributed by atoms with Crippen molar-refractivity contribution in [3.05, 3.63) is 35.6 Å². The third-order valence-corrected chi connectivity index (χ3v) is 4.07. The molecule has 110 valence electrons. The van der Waals surface area contributed by atoms with Crippen molar-refractivity contribution in [2.24, 2.45) is 11.7 Å². The largest absolute Gasteiger partial charge is 0.352 e. The Bertz CT molecular complexity index is 444. The molecule has 0 bridgehead atoms. The van der Waals surface area contributed by atoms with Crippen molar-refractivity contribution >= 4 is 5.91 Å². The number of rotatable bonds is 5. The van der Waals surface area contributed by atoms with Crippen LogP contribution >= 0.6 is 0 Å². The molecule has 0 aliphatic heterocycles. The van der Waals surface area contributed by atoms with Crippen LogP contribution in [0.1, 0.15) is 37.7 Å². The number of carbonyl (C=O) groups excluding carboxylic acids is 1. The van der Waals surface area contributed by atoms with Crippen LogP contribution in [0.15, 0.2) is 24.3 Å². The molecule has 1 aromatic rings. The predicted octanol–water partition coefficient (Wildman–Crippen LogP) is 2.39. The Morgan fingerprint density at radius 1 is 1.35 bits per heavy atom. The first-order valence-corrected chi connectivity index (χ1v) is 7.43. The monoisotopic (exact) mass is 278 g/mol. The molecule has 1 aliphatic carbocycles. The third-order valence-electron chi connectivity index (χ3n) is 4.07. The van der Waals surface area contributed by atoms with E-state index < -0.39 is 0 Å². The molecular formula is C16H23FN2O. The third kappa shape index (κ3) is 4.30. The number of nitrogens with two attached hydrogens (primary N) is 1. The highest BCUT2D eigenvalue weighted by Crippen LogP contribution is 2.26. The van der Waals surface area contributed by atoms with Crippen molar-refractivity contribution in [1.29, 1.82) is 0 Å². The Kier molecular flexibility index (Phi) is 5.53. The summed E-state index contributed by atoms with van der Waals surface area (Å²) in [6.45, 7) is 0.472. The predicted molar refractivity (Wildman–Crippen MR) is 77.7 cm³/mol. The highest BCUT2D eigenvalue weighted by atomic mass is 19.1. The van der Waals surface area contributed by atoms with Crippen molar-refractivity contribution < 1.29 is 9.18 Å². The van der Waals surface area contributed by atoms with Crippen LogP contribution in [-0.2, 0) is 11.2 Å². The van der Waals surface area contributed by atoms with Gasteiger partial charge in [0.1, 0.15) is 5.82 Å².